The van der Waals surface area contributed by atoms with Crippen LogP contribution < -0.4 is 4.72 Å². The normalized spacial score (nSPS) is 20.5. The SMILES string of the molecule is CS(=O)(=O)N1CCc2ccc(NS(=O)(=O)C3CCCCC3)cc2C1. The molecule has 1 heterocycles. The van der Waals surface area contributed by atoms with Crippen LogP contribution in [0.3, 0.4) is 0 Å². The highest BCUT2D eigenvalue weighted by Crippen LogP contribution is 2.28. The van der Waals surface area contributed by atoms with Crippen molar-refractivity contribution in [3.05, 3.63) is 29.3 Å². The maximum atomic E-state index is 12.5. The van der Waals surface area contributed by atoms with E-state index in [0.29, 0.717) is 38.0 Å². The van der Waals surface area contributed by atoms with E-state index in [2.05, 4.69) is 4.72 Å². The lowest BCUT2D eigenvalue weighted by molar-refractivity contribution is 0.395. The highest BCUT2D eigenvalue weighted by atomic mass is 32.2. The van der Waals surface area contributed by atoms with Crippen LogP contribution in [0.25, 0.3) is 0 Å². The number of hydrogen-bond acceptors (Lipinski definition) is 4. The second-order valence-electron chi connectivity index (χ2n) is 6.74. The van der Waals surface area contributed by atoms with Gasteiger partial charge in [0.15, 0.2) is 0 Å². The summed E-state index contributed by atoms with van der Waals surface area (Å²) in [5, 5.41) is -0.324. The number of nitrogens with zero attached hydrogens (tertiary/aromatic N) is 1. The zero-order chi connectivity index (χ0) is 17.4. The van der Waals surface area contributed by atoms with Crippen LogP contribution in [0.1, 0.15) is 43.2 Å². The molecule has 1 aromatic rings. The molecule has 0 bridgehead atoms. The van der Waals surface area contributed by atoms with Crippen LogP contribution >= 0.6 is 0 Å². The Hall–Kier alpha value is -1.12. The summed E-state index contributed by atoms with van der Waals surface area (Å²) in [6.07, 6.45) is 6.29. The molecule has 1 saturated carbocycles. The van der Waals surface area contributed by atoms with Gasteiger partial charge >= 0.3 is 0 Å². The van der Waals surface area contributed by atoms with E-state index < -0.39 is 20.0 Å². The Labute approximate surface area is 144 Å². The lowest BCUT2D eigenvalue weighted by Crippen LogP contribution is -2.35. The second-order valence-corrected chi connectivity index (χ2v) is 10.7. The fourth-order valence-electron chi connectivity index (χ4n) is 3.50. The zero-order valence-corrected chi connectivity index (χ0v) is 15.5. The van der Waals surface area contributed by atoms with Crippen molar-refractivity contribution in [2.75, 3.05) is 17.5 Å². The van der Waals surface area contributed by atoms with Crippen LogP contribution in [-0.4, -0.2) is 39.2 Å². The summed E-state index contributed by atoms with van der Waals surface area (Å²) in [7, 11) is -6.63. The summed E-state index contributed by atoms with van der Waals surface area (Å²) in [6.45, 7) is 0.770. The zero-order valence-electron chi connectivity index (χ0n) is 13.9. The molecule has 1 aliphatic heterocycles. The minimum Gasteiger partial charge on any atom is -0.283 e. The molecule has 134 valence electrons. The summed E-state index contributed by atoms with van der Waals surface area (Å²) < 4.78 is 52.6. The van der Waals surface area contributed by atoms with Gasteiger partial charge in [0.1, 0.15) is 0 Å². The molecule has 1 fully saturated rings. The third-order valence-corrected chi connectivity index (χ3v) is 8.02. The Morgan fingerprint density at radius 1 is 1.04 bits per heavy atom. The molecule has 3 rings (SSSR count). The van der Waals surface area contributed by atoms with Crippen molar-refractivity contribution >= 4 is 25.7 Å². The van der Waals surface area contributed by atoms with E-state index in [1.165, 1.54) is 10.6 Å². The van der Waals surface area contributed by atoms with E-state index in [0.717, 1.165) is 30.4 Å². The van der Waals surface area contributed by atoms with Crippen molar-refractivity contribution in [3.8, 4) is 0 Å². The molecule has 2 aliphatic rings. The standard InChI is InChI=1S/C16H24N2O4S2/c1-23(19,20)18-10-9-13-7-8-15(11-14(13)12-18)17-24(21,22)16-5-3-2-4-6-16/h7-8,11,16-17H,2-6,9-10,12H2,1H3. The molecule has 0 atom stereocenters. The lowest BCUT2D eigenvalue weighted by Gasteiger charge is -2.27. The van der Waals surface area contributed by atoms with E-state index in [9.17, 15) is 16.8 Å². The van der Waals surface area contributed by atoms with Gasteiger partial charge in [0.05, 0.1) is 11.5 Å². The number of fused-ring (bicyclic) bond motifs is 1. The first kappa shape index (κ1) is 17.7. The monoisotopic (exact) mass is 372 g/mol. The number of nitrogens with one attached hydrogen (secondary N) is 1. The topological polar surface area (TPSA) is 83.6 Å². The predicted molar refractivity (Wildman–Crippen MR) is 94.8 cm³/mol. The van der Waals surface area contributed by atoms with Gasteiger partial charge in [0, 0.05) is 18.8 Å². The Balaban J connectivity index is 1.79. The highest BCUT2D eigenvalue weighted by Gasteiger charge is 2.28. The molecular formula is C16H24N2O4S2. The van der Waals surface area contributed by atoms with Crippen molar-refractivity contribution in [1.82, 2.24) is 4.31 Å². The molecule has 0 spiro atoms. The summed E-state index contributed by atoms with van der Waals surface area (Å²) in [6, 6.07) is 5.44. The van der Waals surface area contributed by atoms with E-state index in [4.69, 9.17) is 0 Å². The molecule has 0 radical (unpaired) electrons. The summed E-state index contributed by atoms with van der Waals surface area (Å²) >= 11 is 0. The lowest BCUT2D eigenvalue weighted by atomic mass is 10.0. The third kappa shape index (κ3) is 3.92. The molecule has 1 N–H and O–H groups in total. The molecule has 0 saturated heterocycles. The van der Waals surface area contributed by atoms with Crippen molar-refractivity contribution in [2.45, 2.75) is 50.3 Å². The minimum absolute atomic E-state index is 0.299. The van der Waals surface area contributed by atoms with Crippen molar-refractivity contribution in [1.29, 1.82) is 0 Å². The van der Waals surface area contributed by atoms with Gasteiger partial charge in [-0.2, -0.15) is 4.31 Å². The average Bonchev–Trinajstić information content (AvgIpc) is 2.54. The van der Waals surface area contributed by atoms with Gasteiger partial charge in [-0.3, -0.25) is 4.72 Å². The van der Waals surface area contributed by atoms with Gasteiger partial charge in [0.2, 0.25) is 20.0 Å². The van der Waals surface area contributed by atoms with Crippen molar-refractivity contribution in [2.24, 2.45) is 0 Å². The van der Waals surface area contributed by atoms with E-state index in [1.807, 2.05) is 6.07 Å². The van der Waals surface area contributed by atoms with Crippen molar-refractivity contribution in [3.63, 3.8) is 0 Å². The van der Waals surface area contributed by atoms with E-state index >= 15 is 0 Å². The fourth-order valence-corrected chi connectivity index (χ4v) is 5.87. The molecule has 8 heteroatoms. The van der Waals surface area contributed by atoms with Crippen LogP contribution in [-0.2, 0) is 33.0 Å². The van der Waals surface area contributed by atoms with Crippen LogP contribution in [0.5, 0.6) is 0 Å². The van der Waals surface area contributed by atoms with Crippen LogP contribution in [0.2, 0.25) is 0 Å². The number of anilines is 1. The molecule has 0 amide bonds. The van der Waals surface area contributed by atoms with E-state index in [1.54, 1.807) is 12.1 Å². The van der Waals surface area contributed by atoms with Crippen LogP contribution in [0.4, 0.5) is 5.69 Å². The number of sulfonamides is 2. The first-order valence-corrected chi connectivity index (χ1v) is 11.7. The minimum atomic E-state index is -3.39. The van der Waals surface area contributed by atoms with E-state index in [-0.39, 0.29) is 5.25 Å². The summed E-state index contributed by atoms with van der Waals surface area (Å²) in [5.41, 5.74) is 2.47. The summed E-state index contributed by atoms with van der Waals surface area (Å²) in [4.78, 5) is 0. The first-order valence-electron chi connectivity index (χ1n) is 8.34. The number of benzene rings is 1. The maximum Gasteiger partial charge on any atom is 0.235 e. The molecule has 1 aromatic carbocycles. The van der Waals surface area contributed by atoms with Gasteiger partial charge in [-0.05, 0) is 42.5 Å². The largest absolute Gasteiger partial charge is 0.283 e. The maximum absolute atomic E-state index is 12.5. The molecule has 6 nitrogen and oxygen atoms in total. The molecule has 0 aromatic heterocycles. The van der Waals surface area contributed by atoms with Crippen LogP contribution in [0, 0.1) is 0 Å². The van der Waals surface area contributed by atoms with Gasteiger partial charge in [0.25, 0.3) is 0 Å². The number of rotatable bonds is 4. The summed E-state index contributed by atoms with van der Waals surface area (Å²) in [5.74, 6) is 0. The van der Waals surface area contributed by atoms with Gasteiger partial charge < -0.3 is 0 Å². The average molecular weight is 373 g/mol. The quantitative estimate of drug-likeness (QED) is 0.877. The number of hydrogen-bond donors (Lipinski definition) is 1. The highest BCUT2D eigenvalue weighted by molar-refractivity contribution is 7.93. The Morgan fingerprint density at radius 2 is 1.75 bits per heavy atom. The third-order valence-electron chi connectivity index (χ3n) is 4.90. The molecule has 24 heavy (non-hydrogen) atoms. The molecule has 0 unspecified atom stereocenters. The Kier molecular flexibility index (Phi) is 4.90. The van der Waals surface area contributed by atoms with Crippen LogP contribution in [0.15, 0.2) is 18.2 Å². The predicted octanol–water partition coefficient (Wildman–Crippen LogP) is 2.08. The van der Waals surface area contributed by atoms with Gasteiger partial charge in [-0.15, -0.1) is 0 Å². The second kappa shape index (κ2) is 6.65. The smallest absolute Gasteiger partial charge is 0.235 e. The Morgan fingerprint density at radius 3 is 2.42 bits per heavy atom. The Bertz CT molecular complexity index is 812. The van der Waals surface area contributed by atoms with Gasteiger partial charge in [-0.1, -0.05) is 25.3 Å². The fraction of sp³-hybridized carbons (Fsp3) is 0.625. The van der Waals surface area contributed by atoms with Gasteiger partial charge in [-0.25, -0.2) is 16.8 Å². The molecule has 1 aliphatic carbocycles. The van der Waals surface area contributed by atoms with Crippen molar-refractivity contribution < 1.29 is 16.8 Å². The molecular weight excluding hydrogens is 348 g/mol. The first-order chi connectivity index (χ1) is 11.3.